The first-order valence-electron chi connectivity index (χ1n) is 7.06. The molecule has 0 aliphatic heterocycles. The number of fused-ring (bicyclic) bond motifs is 1. The molecule has 21 heavy (non-hydrogen) atoms. The van der Waals surface area contributed by atoms with Crippen molar-refractivity contribution in [1.29, 1.82) is 0 Å². The highest BCUT2D eigenvalue weighted by Crippen LogP contribution is 2.43. The summed E-state index contributed by atoms with van der Waals surface area (Å²) < 4.78 is 0. The van der Waals surface area contributed by atoms with Crippen molar-refractivity contribution in [2.75, 3.05) is 0 Å². The van der Waals surface area contributed by atoms with E-state index in [2.05, 4.69) is 0 Å². The number of carbonyl (C=O) groups excluding carboxylic acids is 4. The molecule has 0 saturated heterocycles. The topological polar surface area (TPSA) is 68.3 Å². The Balaban J connectivity index is 2.41. The predicted molar refractivity (Wildman–Crippen MR) is 77.4 cm³/mol. The molecule has 1 aliphatic rings. The van der Waals surface area contributed by atoms with Crippen LogP contribution < -0.4 is 0 Å². The van der Waals surface area contributed by atoms with Crippen LogP contribution in [0.4, 0.5) is 0 Å². The van der Waals surface area contributed by atoms with Crippen LogP contribution in [0.3, 0.4) is 0 Å². The molecule has 0 spiro atoms. The molecule has 4 nitrogen and oxygen atoms in total. The van der Waals surface area contributed by atoms with E-state index in [0.29, 0.717) is 11.1 Å². The van der Waals surface area contributed by atoms with Crippen molar-refractivity contribution in [3.8, 4) is 0 Å². The van der Waals surface area contributed by atoms with Crippen molar-refractivity contribution in [3.63, 3.8) is 0 Å². The Kier molecular flexibility index (Phi) is 4.16. The smallest absolute Gasteiger partial charge is 0.177 e. The number of hydrogen-bond donors (Lipinski definition) is 0. The second kappa shape index (κ2) is 5.72. The second-order valence-corrected chi connectivity index (χ2v) is 5.69. The number of Topliss-reactive ketones (excluding diaryl/α,β-unsaturated/α-hetero) is 4. The van der Waals surface area contributed by atoms with Gasteiger partial charge >= 0.3 is 0 Å². The lowest BCUT2D eigenvalue weighted by Crippen LogP contribution is -2.34. The minimum Gasteiger partial charge on any atom is -0.300 e. The number of rotatable bonds is 6. The summed E-state index contributed by atoms with van der Waals surface area (Å²) in [5, 5.41) is 0. The van der Waals surface area contributed by atoms with Crippen LogP contribution in [0.25, 0.3) is 0 Å². The van der Waals surface area contributed by atoms with Crippen LogP contribution in [0.15, 0.2) is 24.3 Å². The Morgan fingerprint density at radius 1 is 0.857 bits per heavy atom. The zero-order valence-electron chi connectivity index (χ0n) is 12.3. The molecule has 1 aliphatic carbocycles. The summed E-state index contributed by atoms with van der Waals surface area (Å²) in [6.07, 6.45) is 0.705. The largest absolute Gasteiger partial charge is 0.300 e. The van der Waals surface area contributed by atoms with Crippen LogP contribution in [-0.4, -0.2) is 23.1 Å². The summed E-state index contributed by atoms with van der Waals surface area (Å²) >= 11 is 0. The Morgan fingerprint density at radius 3 is 1.57 bits per heavy atom. The fraction of sp³-hybridized carbons (Fsp3) is 0.412. The van der Waals surface area contributed by atoms with Crippen LogP contribution in [-0.2, 0) is 9.59 Å². The molecule has 0 aromatic heterocycles. The molecule has 0 fully saturated rings. The van der Waals surface area contributed by atoms with Gasteiger partial charge < -0.3 is 9.59 Å². The third-order valence-electron chi connectivity index (χ3n) is 4.09. The first-order chi connectivity index (χ1) is 9.88. The van der Waals surface area contributed by atoms with Crippen molar-refractivity contribution < 1.29 is 19.2 Å². The quantitative estimate of drug-likeness (QED) is 0.754. The molecule has 0 heterocycles. The second-order valence-electron chi connectivity index (χ2n) is 5.69. The number of ketones is 4. The van der Waals surface area contributed by atoms with Gasteiger partial charge in [0.1, 0.15) is 11.6 Å². The zero-order chi connectivity index (χ0) is 15.6. The van der Waals surface area contributed by atoms with E-state index < -0.39 is 5.41 Å². The summed E-state index contributed by atoms with van der Waals surface area (Å²) in [6.45, 7) is 2.88. The average Bonchev–Trinajstić information content (AvgIpc) is 2.65. The zero-order valence-corrected chi connectivity index (χ0v) is 12.3. The van der Waals surface area contributed by atoms with Crippen LogP contribution in [0, 0.1) is 5.41 Å². The highest BCUT2D eigenvalue weighted by atomic mass is 16.2. The van der Waals surface area contributed by atoms with Crippen LogP contribution in [0.1, 0.15) is 60.2 Å². The molecule has 0 N–H and O–H groups in total. The number of benzene rings is 1. The minimum atomic E-state index is -1.24. The van der Waals surface area contributed by atoms with Crippen LogP contribution >= 0.6 is 0 Å². The standard InChI is InChI=1S/C17H18O4/c1-11(18)7-9-17(10-8-12(2)19)15(20)13-5-3-4-6-14(13)16(17)21/h3-6H,7-10H2,1-2H3. The molecule has 0 saturated carbocycles. The van der Waals surface area contributed by atoms with Crippen molar-refractivity contribution in [2.24, 2.45) is 5.41 Å². The summed E-state index contributed by atoms with van der Waals surface area (Å²) in [5.41, 5.74) is -0.412. The van der Waals surface area contributed by atoms with Gasteiger partial charge in [-0.25, -0.2) is 0 Å². The molecule has 2 rings (SSSR count). The summed E-state index contributed by atoms with van der Waals surface area (Å²) in [6, 6.07) is 6.71. The maximum atomic E-state index is 12.7. The van der Waals surface area contributed by atoms with Gasteiger partial charge in [-0.15, -0.1) is 0 Å². The van der Waals surface area contributed by atoms with E-state index in [0.717, 1.165) is 0 Å². The maximum absolute atomic E-state index is 12.7. The molecule has 1 aromatic carbocycles. The minimum absolute atomic E-state index is 0.0613. The van der Waals surface area contributed by atoms with Gasteiger partial charge in [0.05, 0.1) is 5.41 Å². The Labute approximate surface area is 123 Å². The molecular weight excluding hydrogens is 268 g/mol. The van der Waals surface area contributed by atoms with Gasteiger partial charge in [0.2, 0.25) is 0 Å². The van der Waals surface area contributed by atoms with Gasteiger partial charge in [0.15, 0.2) is 11.6 Å². The lowest BCUT2D eigenvalue weighted by Gasteiger charge is -2.25. The highest BCUT2D eigenvalue weighted by molar-refractivity contribution is 6.29. The van der Waals surface area contributed by atoms with Gasteiger partial charge in [-0.2, -0.15) is 0 Å². The first kappa shape index (κ1) is 15.3. The monoisotopic (exact) mass is 286 g/mol. The first-order valence-corrected chi connectivity index (χ1v) is 7.06. The van der Waals surface area contributed by atoms with E-state index in [1.807, 2.05) is 0 Å². The Bertz CT molecular complexity index is 572. The Morgan fingerprint density at radius 2 is 1.24 bits per heavy atom. The van der Waals surface area contributed by atoms with E-state index in [4.69, 9.17) is 0 Å². The number of hydrogen-bond acceptors (Lipinski definition) is 4. The molecule has 4 heteroatoms. The van der Waals surface area contributed by atoms with Gasteiger partial charge in [-0.05, 0) is 26.7 Å². The van der Waals surface area contributed by atoms with E-state index in [1.54, 1.807) is 24.3 Å². The molecule has 0 amide bonds. The summed E-state index contributed by atoms with van der Waals surface area (Å²) in [4.78, 5) is 48.0. The molecular formula is C17H18O4. The van der Waals surface area contributed by atoms with E-state index in [9.17, 15) is 19.2 Å². The predicted octanol–water partition coefficient (Wildman–Crippen LogP) is 2.79. The summed E-state index contributed by atoms with van der Waals surface area (Å²) in [7, 11) is 0. The lowest BCUT2D eigenvalue weighted by atomic mass is 9.74. The third-order valence-corrected chi connectivity index (χ3v) is 4.09. The normalized spacial score (nSPS) is 15.9. The van der Waals surface area contributed by atoms with Gasteiger partial charge in [0.25, 0.3) is 0 Å². The van der Waals surface area contributed by atoms with E-state index in [1.165, 1.54) is 13.8 Å². The molecule has 0 unspecified atom stereocenters. The summed E-state index contributed by atoms with van der Waals surface area (Å²) in [5.74, 6) is -0.612. The van der Waals surface area contributed by atoms with Crippen molar-refractivity contribution in [3.05, 3.63) is 35.4 Å². The number of carbonyl (C=O) groups is 4. The molecule has 0 bridgehead atoms. The van der Waals surface area contributed by atoms with Crippen molar-refractivity contribution >= 4 is 23.1 Å². The van der Waals surface area contributed by atoms with Gasteiger partial charge in [0, 0.05) is 24.0 Å². The van der Waals surface area contributed by atoms with E-state index >= 15 is 0 Å². The van der Waals surface area contributed by atoms with Gasteiger partial charge in [-0.3, -0.25) is 9.59 Å². The maximum Gasteiger partial charge on any atom is 0.177 e. The highest BCUT2D eigenvalue weighted by Gasteiger charge is 2.51. The Hall–Kier alpha value is -2.10. The SMILES string of the molecule is CC(=O)CCC1(CCC(C)=O)C(=O)c2ccccc2C1=O. The van der Waals surface area contributed by atoms with Crippen molar-refractivity contribution in [2.45, 2.75) is 39.5 Å². The van der Waals surface area contributed by atoms with Crippen molar-refractivity contribution in [1.82, 2.24) is 0 Å². The molecule has 0 atom stereocenters. The molecule has 110 valence electrons. The average molecular weight is 286 g/mol. The van der Waals surface area contributed by atoms with Gasteiger partial charge in [-0.1, -0.05) is 24.3 Å². The van der Waals surface area contributed by atoms with Crippen LogP contribution in [0.5, 0.6) is 0 Å². The fourth-order valence-corrected chi connectivity index (χ4v) is 2.86. The third kappa shape index (κ3) is 2.71. The molecule has 0 radical (unpaired) electrons. The molecule has 1 aromatic rings. The van der Waals surface area contributed by atoms with E-state index in [-0.39, 0.29) is 48.8 Å². The fourth-order valence-electron chi connectivity index (χ4n) is 2.86. The lowest BCUT2D eigenvalue weighted by molar-refractivity contribution is -0.117. The van der Waals surface area contributed by atoms with Crippen LogP contribution in [0.2, 0.25) is 0 Å².